The van der Waals surface area contributed by atoms with E-state index in [-0.39, 0.29) is 16.7 Å². The van der Waals surface area contributed by atoms with Gasteiger partial charge in [-0.15, -0.1) is 0 Å². The molecule has 0 amide bonds. The van der Waals surface area contributed by atoms with Gasteiger partial charge in [-0.25, -0.2) is 8.78 Å². The number of rotatable bonds is 3. The third kappa shape index (κ3) is 2.32. The summed E-state index contributed by atoms with van der Waals surface area (Å²) in [7, 11) is 0. The van der Waals surface area contributed by atoms with Crippen molar-refractivity contribution in [3.63, 3.8) is 0 Å². The minimum atomic E-state index is -3.63. The Kier molecular flexibility index (Phi) is 2.88. The highest BCUT2D eigenvalue weighted by atomic mass is 19.2. The summed E-state index contributed by atoms with van der Waals surface area (Å²) in [6.07, 6.45) is 0. The topological polar surface area (TPSA) is 35.2 Å². The molecule has 0 saturated carbocycles. The van der Waals surface area contributed by atoms with E-state index in [1.807, 2.05) is 0 Å². The lowest BCUT2D eigenvalue weighted by atomic mass is 9.94. The Bertz CT molecular complexity index is 699. The molecule has 0 fully saturated rings. The van der Waals surface area contributed by atoms with Crippen LogP contribution >= 0.6 is 0 Å². The third-order valence-electron chi connectivity index (χ3n) is 2.90. The van der Waals surface area contributed by atoms with E-state index < -0.39 is 24.2 Å². The summed E-state index contributed by atoms with van der Waals surface area (Å²) in [6, 6.07) is 3.86. The molecule has 19 heavy (non-hydrogen) atoms. The molecule has 102 valence electrons. The van der Waals surface area contributed by atoms with Crippen LogP contribution in [0.4, 0.5) is 18.9 Å². The normalized spacial score (nSPS) is 13.6. The van der Waals surface area contributed by atoms with E-state index in [4.69, 9.17) is 8.48 Å². The minimum absolute atomic E-state index is 0.111. The van der Waals surface area contributed by atoms with Crippen molar-refractivity contribution in [3.8, 4) is 5.75 Å². The van der Waals surface area contributed by atoms with Gasteiger partial charge in [-0.2, -0.15) is 4.39 Å². The Morgan fingerprint density at radius 3 is 2.58 bits per heavy atom. The number of benzene rings is 2. The van der Waals surface area contributed by atoms with E-state index in [0.29, 0.717) is 11.3 Å². The van der Waals surface area contributed by atoms with Crippen molar-refractivity contribution in [1.29, 1.82) is 0 Å². The Balaban J connectivity index is 2.89. The minimum Gasteiger partial charge on any atom is -0.459 e. The highest BCUT2D eigenvalue weighted by molar-refractivity contribution is 5.94. The largest absolute Gasteiger partial charge is 0.459 e. The zero-order chi connectivity index (χ0) is 15.9. The number of nitrogen functional groups attached to an aromatic ring is 1. The molecule has 2 rings (SSSR count). The summed E-state index contributed by atoms with van der Waals surface area (Å²) < 4.78 is 58.6. The molecule has 0 bridgehead atoms. The summed E-state index contributed by atoms with van der Waals surface area (Å²) in [5.41, 5.74) is 6.58. The molecule has 0 aliphatic rings. The van der Waals surface area contributed by atoms with E-state index in [1.165, 1.54) is 6.07 Å². The van der Waals surface area contributed by atoms with Crippen LogP contribution in [0.1, 0.15) is 28.1 Å². The fourth-order valence-electron chi connectivity index (χ4n) is 2.10. The lowest BCUT2D eigenvalue weighted by Gasteiger charge is -2.16. The second kappa shape index (κ2) is 4.99. The van der Waals surface area contributed by atoms with Crippen molar-refractivity contribution in [2.24, 2.45) is 0 Å². The van der Waals surface area contributed by atoms with Crippen LogP contribution in [-0.4, -0.2) is 6.81 Å². The van der Waals surface area contributed by atoms with Crippen molar-refractivity contribution in [2.75, 3.05) is 12.5 Å². The van der Waals surface area contributed by atoms with Crippen molar-refractivity contribution < 1.29 is 20.6 Å². The molecule has 0 atom stereocenters. The van der Waals surface area contributed by atoms with E-state index in [9.17, 15) is 13.2 Å². The average Bonchev–Trinajstić information content (AvgIpc) is 2.32. The van der Waals surface area contributed by atoms with Crippen LogP contribution < -0.4 is 10.5 Å². The number of halogens is 3. The summed E-state index contributed by atoms with van der Waals surface area (Å²) >= 11 is 0. The Labute approximate surface area is 111 Å². The first-order chi connectivity index (χ1) is 9.60. The predicted molar refractivity (Wildman–Crippen MR) is 69.0 cm³/mol. The lowest BCUT2D eigenvalue weighted by molar-refractivity contribution is 0.185. The van der Waals surface area contributed by atoms with Crippen LogP contribution in [0.25, 0.3) is 10.8 Å². The number of anilines is 1. The van der Waals surface area contributed by atoms with Crippen molar-refractivity contribution in [3.05, 3.63) is 35.4 Å². The number of hydrogen-bond acceptors (Lipinski definition) is 2. The third-order valence-corrected chi connectivity index (χ3v) is 2.90. The van der Waals surface area contributed by atoms with Gasteiger partial charge in [0, 0.05) is 11.1 Å². The second-order valence-corrected chi connectivity index (χ2v) is 4.54. The molecule has 5 heteroatoms. The predicted octanol–water partition coefficient (Wildman–Crippen LogP) is 4.13. The standard InChI is InChI=1S/C14H14F3NO/c1-7(2)10-5-9(18)3-8-4-11(16)13(17)14(12(8)10)19-6-15/h3-5,7H,6,18H2,1-2H3/i6D2. The molecule has 0 heterocycles. The van der Waals surface area contributed by atoms with Crippen LogP contribution in [-0.2, 0) is 0 Å². The average molecular weight is 271 g/mol. The molecular weight excluding hydrogens is 255 g/mol. The summed E-state index contributed by atoms with van der Waals surface area (Å²) in [5.74, 6) is -3.62. The van der Waals surface area contributed by atoms with Crippen molar-refractivity contribution in [1.82, 2.24) is 0 Å². The van der Waals surface area contributed by atoms with Gasteiger partial charge in [-0.1, -0.05) is 13.8 Å². The van der Waals surface area contributed by atoms with Crippen LogP contribution in [0.2, 0.25) is 0 Å². The molecule has 2 nitrogen and oxygen atoms in total. The smallest absolute Gasteiger partial charge is 0.228 e. The maximum Gasteiger partial charge on any atom is 0.228 e. The molecular formula is C14H14F3NO. The summed E-state index contributed by atoms with van der Waals surface area (Å²) in [4.78, 5) is 0. The quantitative estimate of drug-likeness (QED) is 0.852. The molecule has 2 aromatic rings. The molecule has 0 spiro atoms. The Morgan fingerprint density at radius 1 is 1.32 bits per heavy atom. The highest BCUT2D eigenvalue weighted by Gasteiger charge is 2.19. The van der Waals surface area contributed by atoms with Gasteiger partial charge < -0.3 is 10.5 Å². The number of ether oxygens (including phenoxy) is 1. The molecule has 0 unspecified atom stereocenters. The first-order valence-electron chi connectivity index (χ1n) is 6.69. The monoisotopic (exact) mass is 271 g/mol. The van der Waals surface area contributed by atoms with E-state index in [0.717, 1.165) is 6.07 Å². The molecule has 2 aromatic carbocycles. The first-order valence-corrected chi connectivity index (χ1v) is 5.69. The fourth-order valence-corrected chi connectivity index (χ4v) is 2.10. The van der Waals surface area contributed by atoms with E-state index >= 15 is 0 Å². The maximum atomic E-state index is 13.9. The van der Waals surface area contributed by atoms with Crippen LogP contribution in [0.5, 0.6) is 5.75 Å². The maximum absolute atomic E-state index is 13.9. The number of fused-ring (bicyclic) bond motifs is 1. The molecule has 2 N–H and O–H groups in total. The van der Waals surface area contributed by atoms with Gasteiger partial charge in [0.15, 0.2) is 11.6 Å². The van der Waals surface area contributed by atoms with Gasteiger partial charge in [0.2, 0.25) is 12.6 Å². The van der Waals surface area contributed by atoms with E-state index in [2.05, 4.69) is 4.74 Å². The molecule has 0 radical (unpaired) electrons. The van der Waals surface area contributed by atoms with Crippen LogP contribution in [0.3, 0.4) is 0 Å². The number of hydrogen-bond donors (Lipinski definition) is 1. The van der Waals surface area contributed by atoms with Gasteiger partial charge in [-0.05, 0) is 35.1 Å². The van der Waals surface area contributed by atoms with Gasteiger partial charge >= 0.3 is 0 Å². The zero-order valence-corrected chi connectivity index (χ0v) is 10.4. The lowest BCUT2D eigenvalue weighted by Crippen LogP contribution is -2.02. The molecule has 0 aliphatic carbocycles. The summed E-state index contributed by atoms with van der Waals surface area (Å²) in [6.45, 7) is -0.0378. The zero-order valence-electron chi connectivity index (χ0n) is 12.4. The fraction of sp³-hybridized carbons (Fsp3) is 0.286. The van der Waals surface area contributed by atoms with Crippen LogP contribution in [0, 0.1) is 11.6 Å². The van der Waals surface area contributed by atoms with Gasteiger partial charge in [0.1, 0.15) is 2.74 Å². The van der Waals surface area contributed by atoms with Gasteiger partial charge in [-0.3, -0.25) is 0 Å². The molecule has 0 aromatic heterocycles. The summed E-state index contributed by atoms with van der Waals surface area (Å²) in [5, 5.41) is 0.330. The molecule has 0 aliphatic heterocycles. The van der Waals surface area contributed by atoms with Crippen molar-refractivity contribution in [2.45, 2.75) is 19.8 Å². The van der Waals surface area contributed by atoms with Gasteiger partial charge in [0.25, 0.3) is 0 Å². The Morgan fingerprint density at radius 2 is 2.00 bits per heavy atom. The van der Waals surface area contributed by atoms with E-state index in [1.54, 1.807) is 19.9 Å². The van der Waals surface area contributed by atoms with Crippen molar-refractivity contribution >= 4 is 16.5 Å². The number of alkyl halides is 1. The first kappa shape index (κ1) is 11.0. The van der Waals surface area contributed by atoms with Gasteiger partial charge in [0.05, 0.1) is 0 Å². The second-order valence-electron chi connectivity index (χ2n) is 4.54. The molecule has 0 saturated heterocycles. The highest BCUT2D eigenvalue weighted by Crippen LogP contribution is 2.38. The Hall–Kier alpha value is -1.91. The SMILES string of the molecule is [2H]C([2H])(F)Oc1c(F)c(F)cc2cc(N)cc(C(C)C)c12. The number of nitrogens with two attached hydrogens (primary N) is 1. The van der Waals surface area contributed by atoms with Crippen LogP contribution in [0.15, 0.2) is 18.2 Å².